The van der Waals surface area contributed by atoms with Crippen molar-refractivity contribution in [2.45, 2.75) is 26.2 Å². The lowest BCUT2D eigenvalue weighted by molar-refractivity contribution is 0.574. The van der Waals surface area contributed by atoms with E-state index in [1.165, 1.54) is 23.5 Å². The van der Waals surface area contributed by atoms with Gasteiger partial charge in [-0.3, -0.25) is 0 Å². The molecule has 5 heteroatoms. The summed E-state index contributed by atoms with van der Waals surface area (Å²) < 4.78 is 26.4. The molecule has 0 unspecified atom stereocenters. The minimum atomic E-state index is -0.566. The summed E-state index contributed by atoms with van der Waals surface area (Å²) in [4.78, 5) is 5.19. The highest BCUT2D eigenvalue weighted by Crippen LogP contribution is 2.29. The Balaban J connectivity index is 2.33. The molecule has 0 aliphatic heterocycles. The minimum absolute atomic E-state index is 0.233. The van der Waals surface area contributed by atoms with Gasteiger partial charge in [0.1, 0.15) is 11.6 Å². The highest BCUT2D eigenvalue weighted by Gasteiger charge is 2.15. The molecule has 1 aromatic carbocycles. The Morgan fingerprint density at radius 2 is 2.06 bits per heavy atom. The summed E-state index contributed by atoms with van der Waals surface area (Å²) in [5, 5.41) is 0.483. The van der Waals surface area contributed by atoms with Crippen molar-refractivity contribution in [2.24, 2.45) is 0 Å². The monoisotopic (exact) mass is 268 g/mol. The highest BCUT2D eigenvalue weighted by atomic mass is 32.1. The van der Waals surface area contributed by atoms with E-state index < -0.39 is 11.6 Å². The van der Waals surface area contributed by atoms with Crippen LogP contribution in [0.25, 0.3) is 0 Å². The van der Waals surface area contributed by atoms with Gasteiger partial charge in [0.05, 0.1) is 5.69 Å². The van der Waals surface area contributed by atoms with Crippen LogP contribution < -0.4 is 5.73 Å². The van der Waals surface area contributed by atoms with Gasteiger partial charge < -0.3 is 5.73 Å². The zero-order valence-electron chi connectivity index (χ0n) is 10.2. The number of anilines is 1. The number of nitrogen functional groups attached to an aromatic ring is 1. The lowest BCUT2D eigenvalue weighted by Crippen LogP contribution is -1.97. The molecule has 0 fully saturated rings. The second-order valence-electron chi connectivity index (χ2n) is 4.43. The van der Waals surface area contributed by atoms with E-state index in [4.69, 9.17) is 5.73 Å². The molecule has 0 aliphatic carbocycles. The van der Waals surface area contributed by atoms with Crippen LogP contribution in [0.4, 0.5) is 13.9 Å². The Hall–Kier alpha value is -1.49. The van der Waals surface area contributed by atoms with Crippen LogP contribution >= 0.6 is 11.3 Å². The molecule has 0 saturated heterocycles. The predicted molar refractivity (Wildman–Crippen MR) is 69.8 cm³/mol. The largest absolute Gasteiger partial charge is 0.375 e. The first-order valence-electron chi connectivity index (χ1n) is 5.66. The van der Waals surface area contributed by atoms with Crippen molar-refractivity contribution in [1.82, 2.24) is 4.98 Å². The summed E-state index contributed by atoms with van der Waals surface area (Å²) in [5.41, 5.74) is 7.04. The molecule has 2 aromatic rings. The van der Waals surface area contributed by atoms with E-state index in [-0.39, 0.29) is 5.92 Å². The average Bonchev–Trinajstić information content (AvgIpc) is 2.64. The molecule has 0 atom stereocenters. The predicted octanol–water partition coefficient (Wildman–Crippen LogP) is 3.72. The van der Waals surface area contributed by atoms with Gasteiger partial charge in [-0.2, -0.15) is 0 Å². The Labute approximate surface area is 108 Å². The van der Waals surface area contributed by atoms with E-state index in [2.05, 4.69) is 4.98 Å². The fraction of sp³-hybridized carbons (Fsp3) is 0.308. The fourth-order valence-corrected chi connectivity index (χ4v) is 2.81. The smallest absolute Gasteiger partial charge is 0.180 e. The maximum absolute atomic E-state index is 13.6. The molecule has 96 valence electrons. The van der Waals surface area contributed by atoms with Crippen LogP contribution in [-0.4, -0.2) is 4.98 Å². The molecule has 0 saturated carbocycles. The number of hydrogen-bond donors (Lipinski definition) is 1. The third kappa shape index (κ3) is 2.67. The van der Waals surface area contributed by atoms with E-state index in [1.54, 1.807) is 0 Å². The van der Waals surface area contributed by atoms with E-state index in [0.717, 1.165) is 16.6 Å². The zero-order valence-corrected chi connectivity index (χ0v) is 11.0. The summed E-state index contributed by atoms with van der Waals surface area (Å²) in [5.74, 6) is -0.863. The van der Waals surface area contributed by atoms with Gasteiger partial charge in [-0.15, -0.1) is 11.3 Å². The molecule has 1 aromatic heterocycles. The first-order valence-corrected chi connectivity index (χ1v) is 6.48. The van der Waals surface area contributed by atoms with Crippen molar-refractivity contribution in [3.8, 4) is 0 Å². The number of thiazole rings is 1. The second-order valence-corrected chi connectivity index (χ2v) is 5.54. The molecule has 2 rings (SSSR count). The van der Waals surface area contributed by atoms with Crippen LogP contribution in [0.3, 0.4) is 0 Å². The van der Waals surface area contributed by atoms with Gasteiger partial charge in [0.15, 0.2) is 5.13 Å². The van der Waals surface area contributed by atoms with Crippen molar-refractivity contribution in [2.75, 3.05) is 5.73 Å². The summed E-state index contributed by atoms with van der Waals surface area (Å²) >= 11 is 1.36. The highest BCUT2D eigenvalue weighted by molar-refractivity contribution is 7.15. The summed E-state index contributed by atoms with van der Waals surface area (Å²) in [6, 6.07) is 3.62. The Morgan fingerprint density at radius 1 is 1.33 bits per heavy atom. The molecule has 2 nitrogen and oxygen atoms in total. The number of aromatic nitrogens is 1. The quantitative estimate of drug-likeness (QED) is 0.921. The Kier molecular flexibility index (Phi) is 3.61. The molecule has 0 aliphatic rings. The normalized spacial score (nSPS) is 11.2. The lowest BCUT2D eigenvalue weighted by Gasteiger charge is -2.06. The minimum Gasteiger partial charge on any atom is -0.375 e. The Morgan fingerprint density at radius 3 is 2.67 bits per heavy atom. The average molecular weight is 268 g/mol. The molecule has 0 amide bonds. The number of nitrogens with two attached hydrogens (primary N) is 1. The molecule has 0 radical (unpaired) electrons. The van der Waals surface area contributed by atoms with Crippen LogP contribution in [0, 0.1) is 11.6 Å². The first-order chi connectivity index (χ1) is 8.47. The molecule has 1 heterocycles. The zero-order chi connectivity index (χ0) is 13.3. The number of hydrogen-bond acceptors (Lipinski definition) is 3. The SMILES string of the molecule is CC(C)c1nc(N)sc1Cc1ccc(F)cc1F. The molecular weight excluding hydrogens is 254 g/mol. The van der Waals surface area contributed by atoms with Crippen LogP contribution in [0.15, 0.2) is 18.2 Å². The summed E-state index contributed by atoms with van der Waals surface area (Å²) in [7, 11) is 0. The number of rotatable bonds is 3. The van der Waals surface area contributed by atoms with Crippen molar-refractivity contribution in [3.63, 3.8) is 0 Å². The van der Waals surface area contributed by atoms with Crippen LogP contribution in [0.1, 0.15) is 35.9 Å². The van der Waals surface area contributed by atoms with E-state index >= 15 is 0 Å². The summed E-state index contributed by atoms with van der Waals surface area (Å²) in [6.45, 7) is 4.03. The van der Waals surface area contributed by atoms with Crippen LogP contribution in [0.2, 0.25) is 0 Å². The topological polar surface area (TPSA) is 38.9 Å². The van der Waals surface area contributed by atoms with Gasteiger partial charge in [-0.1, -0.05) is 19.9 Å². The van der Waals surface area contributed by atoms with E-state index in [1.807, 2.05) is 13.8 Å². The van der Waals surface area contributed by atoms with Gasteiger partial charge in [0.25, 0.3) is 0 Å². The number of nitrogens with zero attached hydrogens (tertiary/aromatic N) is 1. The van der Waals surface area contributed by atoms with Crippen molar-refractivity contribution in [1.29, 1.82) is 0 Å². The molecule has 0 spiro atoms. The van der Waals surface area contributed by atoms with Gasteiger partial charge >= 0.3 is 0 Å². The van der Waals surface area contributed by atoms with Crippen LogP contribution in [-0.2, 0) is 6.42 Å². The maximum atomic E-state index is 13.6. The summed E-state index contributed by atoms with van der Waals surface area (Å²) in [6.07, 6.45) is 0.397. The van der Waals surface area contributed by atoms with Crippen molar-refractivity contribution >= 4 is 16.5 Å². The number of benzene rings is 1. The molecular formula is C13H14F2N2S. The van der Waals surface area contributed by atoms with E-state index in [0.29, 0.717) is 17.1 Å². The molecule has 18 heavy (non-hydrogen) atoms. The first kappa shape index (κ1) is 13.0. The van der Waals surface area contributed by atoms with Crippen LogP contribution in [0.5, 0.6) is 0 Å². The van der Waals surface area contributed by atoms with Gasteiger partial charge in [0, 0.05) is 17.4 Å². The third-order valence-electron chi connectivity index (χ3n) is 2.66. The fourth-order valence-electron chi connectivity index (χ4n) is 1.80. The van der Waals surface area contributed by atoms with Gasteiger partial charge in [-0.05, 0) is 17.5 Å². The van der Waals surface area contributed by atoms with Crippen molar-refractivity contribution in [3.05, 3.63) is 46.0 Å². The standard InChI is InChI=1S/C13H14F2N2S/c1-7(2)12-11(18-13(16)17-12)5-8-3-4-9(14)6-10(8)15/h3-4,6-7H,5H2,1-2H3,(H2,16,17). The van der Waals surface area contributed by atoms with Gasteiger partial charge in [0.2, 0.25) is 0 Å². The Bertz CT molecular complexity index is 564. The third-order valence-corrected chi connectivity index (χ3v) is 3.56. The van der Waals surface area contributed by atoms with Crippen molar-refractivity contribution < 1.29 is 8.78 Å². The molecule has 0 bridgehead atoms. The van der Waals surface area contributed by atoms with E-state index in [9.17, 15) is 8.78 Å². The lowest BCUT2D eigenvalue weighted by atomic mass is 10.0. The number of halogens is 2. The molecule has 2 N–H and O–H groups in total. The second kappa shape index (κ2) is 5.02. The maximum Gasteiger partial charge on any atom is 0.180 e. The van der Waals surface area contributed by atoms with Gasteiger partial charge in [-0.25, -0.2) is 13.8 Å².